The maximum atomic E-state index is 11.6. The molecule has 0 amide bonds. The molecule has 0 N–H and O–H groups in total. The maximum Gasteiger partial charge on any atom is 0.265 e. The van der Waals surface area contributed by atoms with Gasteiger partial charge in [-0.1, -0.05) is 18.7 Å². The smallest absolute Gasteiger partial charge is 0.265 e. The molecule has 0 radical (unpaired) electrons. The highest BCUT2D eigenvalue weighted by Crippen LogP contribution is 1.97. The van der Waals surface area contributed by atoms with Crippen LogP contribution in [0.5, 0.6) is 0 Å². The third-order valence-corrected chi connectivity index (χ3v) is 1.86. The van der Waals surface area contributed by atoms with Gasteiger partial charge in [-0.05, 0) is 12.1 Å². The van der Waals surface area contributed by atoms with Gasteiger partial charge in [-0.2, -0.15) is 0 Å². The Bertz CT molecular complexity index is 514. The van der Waals surface area contributed by atoms with Crippen molar-refractivity contribution in [2.45, 2.75) is 0 Å². The molecule has 0 atom stereocenters. The Labute approximate surface area is 75.0 Å². The van der Waals surface area contributed by atoms with Gasteiger partial charge in [0.25, 0.3) is 5.56 Å². The van der Waals surface area contributed by atoms with Crippen LogP contribution in [0.15, 0.2) is 42.0 Å². The Morgan fingerprint density at radius 2 is 2.31 bits per heavy atom. The fourth-order valence-corrected chi connectivity index (χ4v) is 1.18. The molecular weight excluding hydrogens is 164 g/mol. The monoisotopic (exact) mass is 172 g/mol. The predicted molar refractivity (Wildman–Crippen MR) is 51.6 cm³/mol. The van der Waals surface area contributed by atoms with Gasteiger partial charge in [0.15, 0.2) is 0 Å². The fraction of sp³-hybridized carbons (Fsp3) is 0. The Hall–Kier alpha value is -1.90. The molecule has 0 unspecified atom stereocenters. The second-order valence-electron chi connectivity index (χ2n) is 2.65. The molecule has 0 bridgehead atoms. The molecule has 0 aromatic carbocycles. The molecule has 2 aromatic heterocycles. The highest BCUT2D eigenvalue weighted by Gasteiger charge is 1.98. The van der Waals surface area contributed by atoms with E-state index < -0.39 is 0 Å². The molecule has 2 rings (SSSR count). The summed E-state index contributed by atoms with van der Waals surface area (Å²) in [6.07, 6.45) is 4.73. The predicted octanol–water partition coefficient (Wildman–Crippen LogP) is 1.34. The first-order valence-electron chi connectivity index (χ1n) is 3.92. The molecule has 0 aliphatic heterocycles. The van der Waals surface area contributed by atoms with Crippen LogP contribution in [-0.4, -0.2) is 9.38 Å². The van der Waals surface area contributed by atoms with E-state index >= 15 is 0 Å². The highest BCUT2D eigenvalue weighted by molar-refractivity contribution is 5.47. The lowest BCUT2D eigenvalue weighted by molar-refractivity contribution is 1.04. The minimum atomic E-state index is -0.0828. The number of fused-ring (bicyclic) bond motifs is 1. The van der Waals surface area contributed by atoms with Crippen molar-refractivity contribution >= 4 is 11.7 Å². The van der Waals surface area contributed by atoms with Crippen LogP contribution in [-0.2, 0) is 0 Å². The summed E-state index contributed by atoms with van der Waals surface area (Å²) in [4.78, 5) is 15.7. The molecule has 3 heteroatoms. The maximum absolute atomic E-state index is 11.6. The third-order valence-electron chi connectivity index (χ3n) is 1.86. The quantitative estimate of drug-likeness (QED) is 0.650. The molecule has 3 nitrogen and oxygen atoms in total. The zero-order chi connectivity index (χ0) is 9.26. The van der Waals surface area contributed by atoms with E-state index in [0.717, 1.165) is 0 Å². The van der Waals surface area contributed by atoms with Gasteiger partial charge in [-0.3, -0.25) is 9.20 Å². The van der Waals surface area contributed by atoms with Gasteiger partial charge < -0.3 is 0 Å². The van der Waals surface area contributed by atoms with Crippen LogP contribution in [0.3, 0.4) is 0 Å². The molecule has 64 valence electrons. The van der Waals surface area contributed by atoms with E-state index in [-0.39, 0.29) is 5.56 Å². The average molecular weight is 172 g/mol. The van der Waals surface area contributed by atoms with E-state index in [1.54, 1.807) is 18.3 Å². The summed E-state index contributed by atoms with van der Waals surface area (Å²) in [6, 6.07) is 5.42. The van der Waals surface area contributed by atoms with Crippen LogP contribution in [0.4, 0.5) is 0 Å². The van der Waals surface area contributed by atoms with Crippen LogP contribution in [0.25, 0.3) is 11.7 Å². The first-order valence-corrected chi connectivity index (χ1v) is 3.92. The zero-order valence-corrected chi connectivity index (χ0v) is 6.97. The van der Waals surface area contributed by atoms with Crippen LogP contribution in [0.1, 0.15) is 5.56 Å². The Morgan fingerprint density at radius 3 is 3.08 bits per heavy atom. The highest BCUT2D eigenvalue weighted by atomic mass is 16.1. The number of hydrogen-bond acceptors (Lipinski definition) is 2. The van der Waals surface area contributed by atoms with Gasteiger partial charge in [0.1, 0.15) is 5.65 Å². The second kappa shape index (κ2) is 2.86. The van der Waals surface area contributed by atoms with E-state index in [0.29, 0.717) is 11.2 Å². The van der Waals surface area contributed by atoms with E-state index in [4.69, 9.17) is 0 Å². The Kier molecular flexibility index (Phi) is 1.70. The van der Waals surface area contributed by atoms with Gasteiger partial charge in [0, 0.05) is 12.4 Å². The van der Waals surface area contributed by atoms with Crippen LogP contribution >= 0.6 is 0 Å². The van der Waals surface area contributed by atoms with Crippen LogP contribution in [0, 0.1) is 0 Å². The molecular formula is C10H8N2O. The minimum Gasteiger partial charge on any atom is -0.268 e. The molecule has 0 fully saturated rings. The lowest BCUT2D eigenvalue weighted by Crippen LogP contribution is -2.16. The summed E-state index contributed by atoms with van der Waals surface area (Å²) in [5.41, 5.74) is 1.09. The summed E-state index contributed by atoms with van der Waals surface area (Å²) in [5.74, 6) is 0. The molecule has 2 heterocycles. The van der Waals surface area contributed by atoms with E-state index in [1.807, 2.05) is 6.07 Å². The molecule has 13 heavy (non-hydrogen) atoms. The normalized spacial score (nSPS) is 10.2. The van der Waals surface area contributed by atoms with Crippen LogP contribution < -0.4 is 5.56 Å². The van der Waals surface area contributed by atoms with Gasteiger partial charge in [-0.15, -0.1) is 0 Å². The minimum absolute atomic E-state index is 0.0828. The van der Waals surface area contributed by atoms with E-state index in [1.165, 1.54) is 16.7 Å². The zero-order valence-electron chi connectivity index (χ0n) is 6.97. The van der Waals surface area contributed by atoms with Crippen molar-refractivity contribution in [2.24, 2.45) is 0 Å². The first-order chi connectivity index (χ1) is 6.33. The summed E-state index contributed by atoms with van der Waals surface area (Å²) < 4.78 is 1.50. The lowest BCUT2D eigenvalue weighted by Gasteiger charge is -1.98. The Balaban J connectivity index is 2.95. The van der Waals surface area contributed by atoms with Crippen molar-refractivity contribution in [3.8, 4) is 0 Å². The van der Waals surface area contributed by atoms with Crippen molar-refractivity contribution in [3.05, 3.63) is 53.1 Å². The number of pyridine rings is 1. The number of aromatic nitrogens is 2. The molecule has 0 saturated heterocycles. The van der Waals surface area contributed by atoms with Crippen molar-refractivity contribution < 1.29 is 0 Å². The standard InChI is InChI=1S/C10H8N2O/c1-2-8-7-11-9-5-3-4-6-12(9)10(8)13/h2-7H,1H2. The van der Waals surface area contributed by atoms with Gasteiger partial charge in [0.2, 0.25) is 0 Å². The van der Waals surface area contributed by atoms with Gasteiger partial charge in [-0.25, -0.2) is 4.98 Å². The Morgan fingerprint density at radius 1 is 1.46 bits per heavy atom. The van der Waals surface area contributed by atoms with E-state index in [9.17, 15) is 4.79 Å². The molecule has 0 saturated carbocycles. The SMILES string of the molecule is C=Cc1cnc2ccccn2c1=O. The summed E-state index contributed by atoms with van der Waals surface area (Å²) in [7, 11) is 0. The van der Waals surface area contributed by atoms with Crippen molar-refractivity contribution in [3.63, 3.8) is 0 Å². The number of rotatable bonds is 1. The average Bonchev–Trinajstić information content (AvgIpc) is 2.19. The molecule has 0 spiro atoms. The summed E-state index contributed by atoms with van der Waals surface area (Å²) in [6.45, 7) is 3.55. The van der Waals surface area contributed by atoms with Crippen molar-refractivity contribution in [2.75, 3.05) is 0 Å². The number of nitrogens with zero attached hydrogens (tertiary/aromatic N) is 2. The fourth-order valence-electron chi connectivity index (χ4n) is 1.18. The third kappa shape index (κ3) is 1.14. The second-order valence-corrected chi connectivity index (χ2v) is 2.65. The molecule has 0 aliphatic carbocycles. The summed E-state index contributed by atoms with van der Waals surface area (Å²) in [5, 5.41) is 0. The van der Waals surface area contributed by atoms with Crippen molar-refractivity contribution in [1.82, 2.24) is 9.38 Å². The molecule has 2 aromatic rings. The molecule has 0 aliphatic rings. The van der Waals surface area contributed by atoms with Crippen LogP contribution in [0.2, 0.25) is 0 Å². The van der Waals surface area contributed by atoms with Gasteiger partial charge in [0.05, 0.1) is 5.56 Å². The first kappa shape index (κ1) is 7.73. The van der Waals surface area contributed by atoms with Crippen molar-refractivity contribution in [1.29, 1.82) is 0 Å². The largest absolute Gasteiger partial charge is 0.268 e. The van der Waals surface area contributed by atoms with E-state index in [2.05, 4.69) is 11.6 Å². The summed E-state index contributed by atoms with van der Waals surface area (Å²) >= 11 is 0. The number of hydrogen-bond donors (Lipinski definition) is 0. The topological polar surface area (TPSA) is 34.4 Å². The van der Waals surface area contributed by atoms with Gasteiger partial charge >= 0.3 is 0 Å². The lowest BCUT2D eigenvalue weighted by atomic mass is 10.3.